The molecule has 0 unspecified atom stereocenters. The largest absolute Gasteiger partial charge is 0.411 e. The number of pyridine rings is 2. The standard InChI is InChI=1S/C33H25N3O/c1-22(36-37)31(27-20-25-16-8-10-18-29(25)34-32(27)23-12-4-2-5-13-23)28-21-26-17-9-11-19-30(26)35-33(28)24-14-6-3-7-15-24/h2-21,31,37H,1H3. The summed E-state index contributed by atoms with van der Waals surface area (Å²) in [5.74, 6) is -0.371. The van der Waals surface area contributed by atoms with Gasteiger partial charge >= 0.3 is 0 Å². The smallest absolute Gasteiger partial charge is 0.0751 e. The molecule has 6 aromatic rings. The van der Waals surface area contributed by atoms with E-state index >= 15 is 0 Å². The van der Waals surface area contributed by atoms with Crippen LogP contribution in [0.2, 0.25) is 0 Å². The van der Waals surface area contributed by atoms with E-state index < -0.39 is 0 Å². The topological polar surface area (TPSA) is 58.4 Å². The summed E-state index contributed by atoms with van der Waals surface area (Å²) in [6.45, 7) is 1.86. The van der Waals surface area contributed by atoms with Gasteiger partial charge in [-0.15, -0.1) is 0 Å². The second-order valence-electron chi connectivity index (χ2n) is 9.14. The molecule has 0 saturated heterocycles. The van der Waals surface area contributed by atoms with Gasteiger partial charge in [-0.3, -0.25) is 0 Å². The second-order valence-corrected chi connectivity index (χ2v) is 9.14. The first-order chi connectivity index (χ1) is 18.2. The second kappa shape index (κ2) is 9.67. The van der Waals surface area contributed by atoms with Gasteiger partial charge < -0.3 is 5.21 Å². The van der Waals surface area contributed by atoms with Gasteiger partial charge in [-0.2, -0.15) is 0 Å². The van der Waals surface area contributed by atoms with Crippen molar-refractivity contribution in [3.05, 3.63) is 132 Å². The molecule has 0 aliphatic carbocycles. The molecule has 37 heavy (non-hydrogen) atoms. The highest BCUT2D eigenvalue weighted by molar-refractivity contribution is 5.98. The third-order valence-corrected chi connectivity index (χ3v) is 6.80. The number of fused-ring (bicyclic) bond motifs is 2. The van der Waals surface area contributed by atoms with Gasteiger partial charge in [0.2, 0.25) is 0 Å². The van der Waals surface area contributed by atoms with Gasteiger partial charge in [-0.25, -0.2) is 9.97 Å². The minimum Gasteiger partial charge on any atom is -0.411 e. The quantitative estimate of drug-likeness (QED) is 0.154. The summed E-state index contributed by atoms with van der Waals surface area (Å²) < 4.78 is 0. The number of oxime groups is 1. The van der Waals surface area contributed by atoms with Crippen molar-refractivity contribution >= 4 is 27.5 Å². The van der Waals surface area contributed by atoms with Crippen molar-refractivity contribution in [3.8, 4) is 22.5 Å². The minimum absolute atomic E-state index is 0.371. The Balaban J connectivity index is 1.71. The lowest BCUT2D eigenvalue weighted by atomic mass is 9.82. The van der Waals surface area contributed by atoms with E-state index in [9.17, 15) is 5.21 Å². The molecule has 0 radical (unpaired) electrons. The molecule has 0 bridgehead atoms. The number of benzene rings is 4. The number of rotatable bonds is 5. The van der Waals surface area contributed by atoms with E-state index in [0.29, 0.717) is 5.71 Å². The zero-order chi connectivity index (χ0) is 25.2. The number of nitrogens with zero attached hydrogens (tertiary/aromatic N) is 3. The third-order valence-electron chi connectivity index (χ3n) is 6.80. The molecule has 4 aromatic carbocycles. The molecule has 2 heterocycles. The van der Waals surface area contributed by atoms with Crippen molar-refractivity contribution in [1.82, 2.24) is 9.97 Å². The van der Waals surface area contributed by atoms with Crippen LogP contribution in [0.5, 0.6) is 0 Å². The summed E-state index contributed by atoms with van der Waals surface area (Å²) in [6, 6.07) is 40.9. The molecule has 4 nitrogen and oxygen atoms in total. The summed E-state index contributed by atoms with van der Waals surface area (Å²) in [7, 11) is 0. The van der Waals surface area contributed by atoms with Crippen LogP contribution in [0.1, 0.15) is 24.0 Å². The van der Waals surface area contributed by atoms with Crippen LogP contribution in [0.3, 0.4) is 0 Å². The normalized spacial score (nSPS) is 11.9. The summed E-state index contributed by atoms with van der Waals surface area (Å²) >= 11 is 0. The fourth-order valence-corrected chi connectivity index (χ4v) is 5.03. The van der Waals surface area contributed by atoms with Crippen LogP contribution in [-0.2, 0) is 0 Å². The van der Waals surface area contributed by atoms with Crippen LogP contribution in [0.15, 0.2) is 126 Å². The van der Waals surface area contributed by atoms with Crippen LogP contribution >= 0.6 is 0 Å². The lowest BCUT2D eigenvalue weighted by Gasteiger charge is -2.23. The number of hydrogen-bond acceptors (Lipinski definition) is 4. The third kappa shape index (κ3) is 4.23. The van der Waals surface area contributed by atoms with Crippen molar-refractivity contribution in [1.29, 1.82) is 0 Å². The highest BCUT2D eigenvalue weighted by Crippen LogP contribution is 2.40. The van der Waals surface area contributed by atoms with Crippen molar-refractivity contribution in [2.24, 2.45) is 5.16 Å². The highest BCUT2D eigenvalue weighted by Gasteiger charge is 2.27. The summed E-state index contributed by atoms with van der Waals surface area (Å²) in [5, 5.41) is 15.9. The van der Waals surface area contributed by atoms with E-state index in [2.05, 4.69) is 53.7 Å². The van der Waals surface area contributed by atoms with Crippen molar-refractivity contribution in [2.45, 2.75) is 12.8 Å². The maximum atomic E-state index is 10.1. The highest BCUT2D eigenvalue weighted by atomic mass is 16.4. The molecule has 0 saturated carbocycles. The predicted octanol–water partition coefficient (Wildman–Crippen LogP) is 8.10. The fraction of sp³-hybridized carbons (Fsp3) is 0.0606. The first-order valence-corrected chi connectivity index (χ1v) is 12.3. The van der Waals surface area contributed by atoms with Gasteiger partial charge in [0.25, 0.3) is 0 Å². The monoisotopic (exact) mass is 479 g/mol. The predicted molar refractivity (Wildman–Crippen MR) is 151 cm³/mol. The number of hydrogen-bond donors (Lipinski definition) is 1. The molecule has 0 aliphatic rings. The maximum Gasteiger partial charge on any atom is 0.0751 e. The number of aromatic nitrogens is 2. The molecule has 0 amide bonds. The Labute approximate surface area is 215 Å². The van der Waals surface area contributed by atoms with Gasteiger partial charge in [0.1, 0.15) is 0 Å². The maximum absolute atomic E-state index is 10.1. The summed E-state index contributed by atoms with van der Waals surface area (Å²) in [6.07, 6.45) is 0. The Morgan fingerprint density at radius 1 is 0.595 bits per heavy atom. The van der Waals surface area contributed by atoms with Crippen LogP contribution in [0.25, 0.3) is 44.3 Å². The van der Waals surface area contributed by atoms with Crippen molar-refractivity contribution in [2.75, 3.05) is 0 Å². The van der Waals surface area contributed by atoms with E-state index in [-0.39, 0.29) is 5.92 Å². The minimum atomic E-state index is -0.371. The van der Waals surface area contributed by atoms with Gasteiger partial charge in [0.15, 0.2) is 0 Å². The van der Waals surface area contributed by atoms with Crippen LogP contribution < -0.4 is 0 Å². The van der Waals surface area contributed by atoms with E-state index in [1.807, 2.05) is 79.7 Å². The molecule has 4 heteroatoms. The van der Waals surface area contributed by atoms with Gasteiger partial charge in [-0.05, 0) is 42.3 Å². The average Bonchev–Trinajstić information content (AvgIpc) is 2.97. The van der Waals surface area contributed by atoms with E-state index in [1.54, 1.807) is 0 Å². The molecular formula is C33H25N3O. The first-order valence-electron chi connectivity index (χ1n) is 12.3. The van der Waals surface area contributed by atoms with Gasteiger partial charge in [0.05, 0.1) is 34.1 Å². The Morgan fingerprint density at radius 3 is 1.43 bits per heavy atom. The molecular weight excluding hydrogens is 454 g/mol. The summed E-state index contributed by atoms with van der Waals surface area (Å²) in [4.78, 5) is 10.2. The molecule has 0 spiro atoms. The van der Waals surface area contributed by atoms with Crippen LogP contribution in [0.4, 0.5) is 0 Å². The Kier molecular flexibility index (Phi) is 5.91. The Bertz CT molecular complexity index is 1620. The molecule has 0 fully saturated rings. The van der Waals surface area contributed by atoms with Crippen LogP contribution in [0, 0.1) is 0 Å². The van der Waals surface area contributed by atoms with Crippen molar-refractivity contribution in [3.63, 3.8) is 0 Å². The Hall–Kier alpha value is -4.83. The van der Waals surface area contributed by atoms with Crippen LogP contribution in [-0.4, -0.2) is 20.9 Å². The molecule has 2 aromatic heterocycles. The van der Waals surface area contributed by atoms with Gasteiger partial charge in [-0.1, -0.05) is 102 Å². The molecule has 6 rings (SSSR count). The zero-order valence-electron chi connectivity index (χ0n) is 20.4. The summed E-state index contributed by atoms with van der Waals surface area (Å²) in [5.41, 5.74) is 8.08. The van der Waals surface area contributed by atoms with Crippen molar-refractivity contribution < 1.29 is 5.21 Å². The molecule has 0 atom stereocenters. The number of para-hydroxylation sites is 2. The molecule has 0 aliphatic heterocycles. The lowest BCUT2D eigenvalue weighted by molar-refractivity contribution is 0.317. The van der Waals surface area contributed by atoms with Gasteiger partial charge in [0, 0.05) is 21.9 Å². The molecule has 178 valence electrons. The zero-order valence-corrected chi connectivity index (χ0v) is 20.4. The fourth-order valence-electron chi connectivity index (χ4n) is 5.03. The average molecular weight is 480 g/mol. The van der Waals surface area contributed by atoms with E-state index in [0.717, 1.165) is 55.4 Å². The lowest BCUT2D eigenvalue weighted by Crippen LogP contribution is -2.15. The Morgan fingerprint density at radius 2 is 1.00 bits per heavy atom. The van der Waals surface area contributed by atoms with E-state index in [4.69, 9.17) is 9.97 Å². The first kappa shape index (κ1) is 22.6. The SMILES string of the molecule is CC(=NO)C(c1cc2ccccc2nc1-c1ccccc1)c1cc2ccccc2nc1-c1ccccc1. The van der Waals surface area contributed by atoms with E-state index in [1.165, 1.54) is 0 Å². The molecule has 1 N–H and O–H groups in total.